The molecule has 0 spiro atoms. The molecule has 250 valence electrons. The van der Waals surface area contributed by atoms with E-state index in [1.807, 2.05) is 0 Å². The van der Waals surface area contributed by atoms with Gasteiger partial charge in [0, 0.05) is 13.1 Å². The summed E-state index contributed by atoms with van der Waals surface area (Å²) in [4.78, 5) is 59.6. The van der Waals surface area contributed by atoms with E-state index in [9.17, 15) is 19.2 Å². The third-order valence-corrected chi connectivity index (χ3v) is 13.3. The number of nitrogens with zero attached hydrogens (tertiary/aromatic N) is 2. The molecule has 4 aromatic rings. The van der Waals surface area contributed by atoms with Gasteiger partial charge >= 0.3 is 0 Å². The third-order valence-electron chi connectivity index (χ3n) is 13.3. The van der Waals surface area contributed by atoms with Gasteiger partial charge in [-0.15, -0.1) is 0 Å². The van der Waals surface area contributed by atoms with E-state index in [-0.39, 0.29) is 34.5 Å². The predicted octanol–water partition coefficient (Wildman–Crippen LogP) is 6.82. The van der Waals surface area contributed by atoms with Gasteiger partial charge in [-0.3, -0.25) is 29.0 Å². The molecule has 0 aromatic heterocycles. The Morgan fingerprint density at radius 2 is 0.776 bits per heavy atom. The van der Waals surface area contributed by atoms with Gasteiger partial charge in [0.25, 0.3) is 0 Å². The Bertz CT molecular complexity index is 2000. The van der Waals surface area contributed by atoms with Crippen molar-refractivity contribution in [3.05, 3.63) is 57.6 Å². The van der Waals surface area contributed by atoms with E-state index in [1.165, 1.54) is 9.80 Å². The molecule has 12 rings (SSSR count). The molecular weight excluding hydrogens is 616 g/mol. The van der Waals surface area contributed by atoms with Crippen molar-refractivity contribution in [2.45, 2.75) is 96.1 Å². The number of rotatable bonds is 0. The number of hydrogen-bond donors (Lipinski definition) is 0. The predicted molar refractivity (Wildman–Crippen MR) is 182 cm³/mol. The molecule has 0 saturated carbocycles. The van der Waals surface area contributed by atoms with Crippen molar-refractivity contribution in [2.75, 3.05) is 13.1 Å². The van der Waals surface area contributed by atoms with Crippen LogP contribution in [0.4, 0.5) is 0 Å². The second kappa shape index (κ2) is 8.70. The van der Waals surface area contributed by atoms with E-state index < -0.39 is 48.1 Å². The fraction of sp³-hybridized carbons (Fsp3) is 0.512. The number of ether oxygens (including phenoxy) is 2. The maximum absolute atomic E-state index is 14.2. The second-order valence-corrected chi connectivity index (χ2v) is 17.8. The maximum Gasteiger partial charge on any atom is 0.236 e. The fourth-order valence-electron chi connectivity index (χ4n) is 11.0. The second-order valence-electron chi connectivity index (χ2n) is 17.8. The van der Waals surface area contributed by atoms with Crippen LogP contribution < -0.4 is 0 Å². The summed E-state index contributed by atoms with van der Waals surface area (Å²) in [7, 11) is 0. The molecule has 4 fully saturated rings. The quantitative estimate of drug-likeness (QED) is 0.152. The Kier molecular flexibility index (Phi) is 5.13. The van der Waals surface area contributed by atoms with E-state index in [4.69, 9.17) is 9.47 Å². The van der Waals surface area contributed by atoms with Crippen molar-refractivity contribution < 1.29 is 28.7 Å². The molecule has 8 aliphatic heterocycles. The van der Waals surface area contributed by atoms with Gasteiger partial charge in [-0.2, -0.15) is 0 Å². The van der Waals surface area contributed by atoms with E-state index in [0.29, 0.717) is 32.4 Å². The lowest BCUT2D eigenvalue weighted by Gasteiger charge is -2.32. The lowest BCUT2D eigenvalue weighted by atomic mass is 9.68. The van der Waals surface area contributed by atoms with Crippen molar-refractivity contribution >= 4 is 55.9 Å². The third kappa shape index (κ3) is 3.21. The highest BCUT2D eigenvalue weighted by atomic mass is 16.5. The Morgan fingerprint density at radius 3 is 1.04 bits per heavy atom. The first kappa shape index (κ1) is 28.9. The summed E-state index contributed by atoms with van der Waals surface area (Å²) in [6.07, 6.45) is -0.0270. The molecule has 8 nitrogen and oxygen atoms in total. The van der Waals surface area contributed by atoms with Crippen LogP contribution in [0.25, 0.3) is 32.3 Å². The van der Waals surface area contributed by atoms with Crippen molar-refractivity contribution in [1.29, 1.82) is 0 Å². The largest absolute Gasteiger partial charge is 0.364 e. The van der Waals surface area contributed by atoms with E-state index >= 15 is 0 Å². The average molecular weight is 657 g/mol. The molecule has 0 N–H and O–H groups in total. The van der Waals surface area contributed by atoms with E-state index in [1.54, 1.807) is 0 Å². The van der Waals surface area contributed by atoms with Crippen LogP contribution in [0.5, 0.6) is 0 Å². The summed E-state index contributed by atoms with van der Waals surface area (Å²) in [6, 6.07) is 9.18. The van der Waals surface area contributed by atoms with Crippen LogP contribution in [0, 0.1) is 23.7 Å². The lowest BCUT2D eigenvalue weighted by Crippen LogP contribution is -2.34. The molecule has 4 aromatic carbocycles. The molecule has 4 saturated heterocycles. The van der Waals surface area contributed by atoms with Gasteiger partial charge in [-0.05, 0) is 95.8 Å². The fourth-order valence-corrected chi connectivity index (χ4v) is 11.0. The molecule has 8 heterocycles. The van der Waals surface area contributed by atoms with E-state index in [0.717, 1.165) is 65.7 Å². The highest BCUT2D eigenvalue weighted by molar-refractivity contribution is 6.28. The zero-order valence-electron chi connectivity index (χ0n) is 28.8. The standard InChI is InChI=1S/C41H40N2O6/c1-40(2,3)16-12-18-22-19(13-16)25-27-21-15-17(41(4,5)6)14-20(23(21)22)26-24(18)32-28-30(34(26)48-32)38(46)42(36(28)44)10-8-7-9-11-43-37(45)29-31(39(43)47)35(27)49-33(25)29/h12-15,28-35H,7-11H2,1-6H3/t28-,29+,30+,31-,32-,33+,34+,35-. The number of amides is 4. The van der Waals surface area contributed by atoms with Gasteiger partial charge in [0.15, 0.2) is 0 Å². The summed E-state index contributed by atoms with van der Waals surface area (Å²) in [5, 5.41) is 6.51. The topological polar surface area (TPSA) is 93.2 Å². The normalized spacial score (nSPS) is 33.0. The zero-order valence-corrected chi connectivity index (χ0v) is 28.8. The van der Waals surface area contributed by atoms with Gasteiger partial charge in [0.1, 0.15) is 0 Å². The number of benzene rings is 4. The molecule has 0 unspecified atom stereocenters. The highest BCUT2D eigenvalue weighted by Gasteiger charge is 2.67. The molecule has 49 heavy (non-hydrogen) atoms. The van der Waals surface area contributed by atoms with Crippen LogP contribution in [0.1, 0.15) is 119 Å². The first-order valence-electron chi connectivity index (χ1n) is 18.2. The lowest BCUT2D eigenvalue weighted by molar-refractivity contribution is -0.144. The van der Waals surface area contributed by atoms with Gasteiger partial charge in [0.05, 0.1) is 48.1 Å². The van der Waals surface area contributed by atoms with Crippen molar-refractivity contribution in [1.82, 2.24) is 9.80 Å². The minimum atomic E-state index is -0.530. The molecule has 8 atom stereocenters. The molecule has 8 heteroatoms. The number of hydrogen-bond acceptors (Lipinski definition) is 6. The van der Waals surface area contributed by atoms with Gasteiger partial charge in [-0.25, -0.2) is 0 Å². The smallest absolute Gasteiger partial charge is 0.236 e. The molecule has 4 amide bonds. The highest BCUT2D eigenvalue weighted by Crippen LogP contribution is 2.68. The molecular formula is C41H40N2O6. The first-order chi connectivity index (χ1) is 23.3. The van der Waals surface area contributed by atoms with Crippen LogP contribution in [0.2, 0.25) is 0 Å². The SMILES string of the molecule is CC(C)(C)c1cc2c3c4c5cc(C(C)(C)C)cc6c7c(c(c1)c2c65)[C@@H]1O[C@H]7[C@@H]2C(=O)N(CCCCCN5C(=O)[C@@H]6[C@H](C5=O)[C@H]4O[C@H]36)C(=O)[C@@H]21. The van der Waals surface area contributed by atoms with Crippen LogP contribution in [-0.4, -0.2) is 46.5 Å². The maximum atomic E-state index is 14.2. The summed E-state index contributed by atoms with van der Waals surface area (Å²) in [5.41, 5.74) is 6.09. The Hall–Kier alpha value is -3.88. The van der Waals surface area contributed by atoms with Crippen LogP contribution >= 0.6 is 0 Å². The molecule has 8 aliphatic rings. The van der Waals surface area contributed by atoms with Gasteiger partial charge in [0.2, 0.25) is 23.6 Å². The minimum absolute atomic E-state index is 0.128. The van der Waals surface area contributed by atoms with Crippen molar-refractivity contribution in [2.24, 2.45) is 23.7 Å². The first-order valence-corrected chi connectivity index (χ1v) is 18.2. The summed E-state index contributed by atoms with van der Waals surface area (Å²) < 4.78 is 13.7. The average Bonchev–Trinajstić information content (AvgIpc) is 3.87. The summed E-state index contributed by atoms with van der Waals surface area (Å²) in [5.74, 6) is -2.63. The Balaban J connectivity index is 1.33. The monoisotopic (exact) mass is 656 g/mol. The van der Waals surface area contributed by atoms with Crippen molar-refractivity contribution in [3.63, 3.8) is 0 Å². The molecule has 20 bridgehead atoms. The number of imide groups is 2. The minimum Gasteiger partial charge on any atom is -0.364 e. The van der Waals surface area contributed by atoms with Gasteiger partial charge < -0.3 is 9.47 Å². The summed E-state index contributed by atoms with van der Waals surface area (Å²) in [6.45, 7) is 13.9. The van der Waals surface area contributed by atoms with Crippen LogP contribution in [0.3, 0.4) is 0 Å². The van der Waals surface area contributed by atoms with Crippen LogP contribution in [-0.2, 0) is 39.5 Å². The molecule has 0 radical (unpaired) electrons. The number of carbonyl (C=O) groups is 4. The number of fused-ring (bicyclic) bond motifs is 4. The molecule has 0 aliphatic carbocycles. The Labute approximate surface area is 284 Å². The zero-order chi connectivity index (χ0) is 33.8. The van der Waals surface area contributed by atoms with Crippen LogP contribution in [0.15, 0.2) is 24.3 Å². The van der Waals surface area contributed by atoms with Gasteiger partial charge in [-0.1, -0.05) is 65.8 Å². The Morgan fingerprint density at radius 1 is 0.490 bits per heavy atom. The van der Waals surface area contributed by atoms with Crippen molar-refractivity contribution in [3.8, 4) is 0 Å². The van der Waals surface area contributed by atoms with E-state index in [2.05, 4.69) is 65.8 Å². The number of carbonyl (C=O) groups excluding carboxylic acids is 4. The summed E-state index contributed by atoms with van der Waals surface area (Å²) >= 11 is 0.